The number of likely N-dealkylation sites (tertiary alicyclic amines) is 1. The number of imidazole rings is 1. The summed E-state index contributed by atoms with van der Waals surface area (Å²) in [7, 11) is 2.18. The van der Waals surface area contributed by atoms with Crippen LogP contribution in [0.1, 0.15) is 24.6 Å². The van der Waals surface area contributed by atoms with E-state index in [4.69, 9.17) is 9.40 Å². The lowest BCUT2D eigenvalue weighted by Gasteiger charge is -2.28. The molecule has 0 radical (unpaired) electrons. The molecule has 1 saturated heterocycles. The molecule has 1 N–H and O–H groups in total. The van der Waals surface area contributed by atoms with Gasteiger partial charge in [0.2, 0.25) is 0 Å². The summed E-state index contributed by atoms with van der Waals surface area (Å²) in [6.45, 7) is 4.16. The second-order valence-electron chi connectivity index (χ2n) is 7.40. The number of hydrogen-bond donors (Lipinski definition) is 1. The zero-order valence-electron chi connectivity index (χ0n) is 15.6. The fourth-order valence-electron chi connectivity index (χ4n) is 3.93. The molecule has 0 amide bonds. The summed E-state index contributed by atoms with van der Waals surface area (Å²) in [6.07, 6.45) is 4.11. The average molecular weight is 361 g/mol. The van der Waals surface area contributed by atoms with Gasteiger partial charge < -0.3 is 14.3 Å². The van der Waals surface area contributed by atoms with E-state index in [-0.39, 0.29) is 0 Å². The molecule has 3 aromatic heterocycles. The number of aromatic nitrogens is 4. The summed E-state index contributed by atoms with van der Waals surface area (Å²) in [5.41, 5.74) is 4.00. The minimum atomic E-state index is 0.415. The minimum Gasteiger partial charge on any atom is -0.461 e. The molecule has 4 aromatic rings. The highest BCUT2D eigenvalue weighted by molar-refractivity contribution is 5.83. The first kappa shape index (κ1) is 16.3. The van der Waals surface area contributed by atoms with Gasteiger partial charge >= 0.3 is 0 Å². The highest BCUT2D eigenvalue weighted by atomic mass is 16.3. The number of rotatable bonds is 3. The van der Waals surface area contributed by atoms with Crippen molar-refractivity contribution in [2.45, 2.75) is 25.8 Å². The van der Waals surface area contributed by atoms with Gasteiger partial charge in [0.05, 0.1) is 12.2 Å². The summed E-state index contributed by atoms with van der Waals surface area (Å²) >= 11 is 0. The van der Waals surface area contributed by atoms with Gasteiger partial charge in [0.25, 0.3) is 0 Å². The van der Waals surface area contributed by atoms with Gasteiger partial charge in [-0.15, -0.1) is 0 Å². The summed E-state index contributed by atoms with van der Waals surface area (Å²) in [4.78, 5) is 10.7. The maximum absolute atomic E-state index is 5.85. The molecule has 0 saturated carbocycles. The predicted octanol–water partition coefficient (Wildman–Crippen LogP) is 4.26. The van der Waals surface area contributed by atoms with Crippen molar-refractivity contribution < 1.29 is 4.42 Å². The van der Waals surface area contributed by atoms with Crippen LogP contribution in [0.5, 0.6) is 0 Å². The van der Waals surface area contributed by atoms with Crippen LogP contribution in [0, 0.1) is 6.92 Å². The van der Waals surface area contributed by atoms with E-state index in [0.717, 1.165) is 65.6 Å². The molecule has 0 unspecified atom stereocenters. The maximum Gasteiger partial charge on any atom is 0.177 e. The van der Waals surface area contributed by atoms with E-state index in [1.807, 2.05) is 37.4 Å². The summed E-state index contributed by atoms with van der Waals surface area (Å²) in [6, 6.07) is 12.6. The number of nitrogens with zero attached hydrogens (tertiary/aromatic N) is 4. The number of furan rings is 1. The van der Waals surface area contributed by atoms with Crippen LogP contribution < -0.4 is 0 Å². The molecule has 0 atom stereocenters. The van der Waals surface area contributed by atoms with E-state index >= 15 is 0 Å². The van der Waals surface area contributed by atoms with Crippen molar-refractivity contribution in [2.75, 3.05) is 20.1 Å². The van der Waals surface area contributed by atoms with Crippen LogP contribution in [-0.4, -0.2) is 44.8 Å². The monoisotopic (exact) mass is 361 g/mol. The molecule has 5 rings (SSSR count). The molecule has 6 heteroatoms. The summed E-state index contributed by atoms with van der Waals surface area (Å²) < 4.78 is 7.95. The van der Waals surface area contributed by atoms with Crippen molar-refractivity contribution in [3.05, 3.63) is 48.4 Å². The number of hydrogen-bond acceptors (Lipinski definition) is 4. The van der Waals surface area contributed by atoms with Gasteiger partial charge in [-0.2, -0.15) is 5.10 Å². The van der Waals surface area contributed by atoms with Gasteiger partial charge in [0, 0.05) is 11.1 Å². The Labute approximate surface area is 157 Å². The number of H-pyrrole nitrogens is 1. The third-order valence-corrected chi connectivity index (χ3v) is 5.46. The number of aryl methyl sites for hydroxylation is 1. The molecular formula is C21H23N5O. The predicted molar refractivity (Wildman–Crippen MR) is 106 cm³/mol. The van der Waals surface area contributed by atoms with Gasteiger partial charge in [-0.3, -0.25) is 0 Å². The molecule has 1 aliphatic rings. The van der Waals surface area contributed by atoms with Crippen molar-refractivity contribution in [3.8, 4) is 22.7 Å². The first-order chi connectivity index (χ1) is 13.2. The van der Waals surface area contributed by atoms with E-state index in [2.05, 4.69) is 38.8 Å². The van der Waals surface area contributed by atoms with Gasteiger partial charge in [0.15, 0.2) is 5.65 Å². The Morgan fingerprint density at radius 3 is 2.59 bits per heavy atom. The van der Waals surface area contributed by atoms with Crippen molar-refractivity contribution >= 4 is 11.2 Å². The highest BCUT2D eigenvalue weighted by Gasteiger charge is 2.23. The van der Waals surface area contributed by atoms with E-state index in [1.54, 1.807) is 0 Å². The third-order valence-electron chi connectivity index (χ3n) is 5.46. The number of benzene rings is 1. The first-order valence-electron chi connectivity index (χ1n) is 9.47. The molecule has 27 heavy (non-hydrogen) atoms. The number of nitrogens with one attached hydrogen (secondary N) is 1. The average Bonchev–Trinajstić information content (AvgIpc) is 3.38. The molecule has 1 aromatic carbocycles. The molecule has 1 fully saturated rings. The van der Waals surface area contributed by atoms with Crippen LogP contribution in [0.2, 0.25) is 0 Å². The van der Waals surface area contributed by atoms with Crippen LogP contribution in [0.3, 0.4) is 0 Å². The van der Waals surface area contributed by atoms with Crippen molar-refractivity contribution in [3.63, 3.8) is 0 Å². The topological polar surface area (TPSA) is 62.9 Å². The third kappa shape index (κ3) is 2.86. The molecule has 0 spiro atoms. The lowest BCUT2D eigenvalue weighted by atomic mass is 10.1. The maximum atomic E-state index is 5.85. The largest absolute Gasteiger partial charge is 0.461 e. The van der Waals surface area contributed by atoms with Gasteiger partial charge in [-0.25, -0.2) is 9.67 Å². The Hall–Kier alpha value is -2.86. The second-order valence-corrected chi connectivity index (χ2v) is 7.40. The SMILES string of the molecule is Cc1ccc(-c2ccccc2-c2nc3c(cnn3C3CCN(C)CC3)[nH]2)o1. The summed E-state index contributed by atoms with van der Waals surface area (Å²) in [5, 5.41) is 4.61. The van der Waals surface area contributed by atoms with E-state index in [9.17, 15) is 0 Å². The van der Waals surface area contributed by atoms with Gasteiger partial charge in [0.1, 0.15) is 22.9 Å². The molecule has 4 heterocycles. The Balaban J connectivity index is 1.56. The van der Waals surface area contributed by atoms with Crippen LogP contribution >= 0.6 is 0 Å². The Morgan fingerprint density at radius 2 is 1.85 bits per heavy atom. The van der Waals surface area contributed by atoms with Crippen molar-refractivity contribution in [1.29, 1.82) is 0 Å². The lowest BCUT2D eigenvalue weighted by Crippen LogP contribution is -2.31. The molecule has 6 nitrogen and oxygen atoms in total. The summed E-state index contributed by atoms with van der Waals surface area (Å²) in [5.74, 6) is 2.62. The van der Waals surface area contributed by atoms with Crippen LogP contribution in [0.4, 0.5) is 0 Å². The molecule has 1 aliphatic heterocycles. The van der Waals surface area contributed by atoms with Crippen LogP contribution in [-0.2, 0) is 0 Å². The normalized spacial score (nSPS) is 16.4. The van der Waals surface area contributed by atoms with Crippen molar-refractivity contribution in [1.82, 2.24) is 24.6 Å². The van der Waals surface area contributed by atoms with Gasteiger partial charge in [-0.05, 0) is 52.0 Å². The second kappa shape index (κ2) is 6.39. The molecule has 0 aliphatic carbocycles. The Morgan fingerprint density at radius 1 is 1.07 bits per heavy atom. The highest BCUT2D eigenvalue weighted by Crippen LogP contribution is 2.33. The Kier molecular flexibility index (Phi) is 3.86. The number of piperidine rings is 1. The van der Waals surface area contributed by atoms with Crippen LogP contribution in [0.15, 0.2) is 47.0 Å². The lowest BCUT2D eigenvalue weighted by molar-refractivity contribution is 0.215. The van der Waals surface area contributed by atoms with E-state index < -0.39 is 0 Å². The zero-order chi connectivity index (χ0) is 18.4. The van der Waals surface area contributed by atoms with E-state index in [0.29, 0.717) is 6.04 Å². The molecule has 0 bridgehead atoms. The van der Waals surface area contributed by atoms with Crippen molar-refractivity contribution in [2.24, 2.45) is 0 Å². The Bertz CT molecular complexity index is 1080. The molecular weight excluding hydrogens is 338 g/mol. The quantitative estimate of drug-likeness (QED) is 0.592. The fraction of sp³-hybridized carbons (Fsp3) is 0.333. The number of fused-ring (bicyclic) bond motifs is 1. The zero-order valence-corrected chi connectivity index (χ0v) is 15.6. The standard InChI is InChI=1S/C21H23N5O/c1-14-7-8-19(27-14)16-5-3-4-6-17(16)20-23-18-13-22-26(21(18)24-20)15-9-11-25(2)12-10-15/h3-8,13,15H,9-12H2,1-2H3,(H,23,24). The smallest absolute Gasteiger partial charge is 0.177 e. The van der Waals surface area contributed by atoms with Gasteiger partial charge in [-0.1, -0.05) is 24.3 Å². The van der Waals surface area contributed by atoms with E-state index in [1.165, 1.54) is 0 Å². The first-order valence-corrected chi connectivity index (χ1v) is 9.47. The number of aromatic amines is 1. The minimum absolute atomic E-state index is 0.415. The molecule has 138 valence electrons. The van der Waals surface area contributed by atoms with Crippen LogP contribution in [0.25, 0.3) is 33.9 Å². The fourth-order valence-corrected chi connectivity index (χ4v) is 3.93.